The lowest BCUT2D eigenvalue weighted by atomic mass is 10.1. The van der Waals surface area contributed by atoms with Gasteiger partial charge in [-0.05, 0) is 37.9 Å². The summed E-state index contributed by atoms with van der Waals surface area (Å²) in [6.07, 6.45) is 2.06. The minimum absolute atomic E-state index is 0.0589. The summed E-state index contributed by atoms with van der Waals surface area (Å²) in [5.74, 6) is -0.517. The molecule has 0 fully saturated rings. The van der Waals surface area contributed by atoms with E-state index in [4.69, 9.17) is 4.43 Å². The standard InChI is InChI=1S/C15H30O4Si/c1-12(19-20(6,7)15(2,3)4)9-8-10-13(16)11-14(17)18-5/h12H,8-11H2,1-7H3/t12-/m0/s1. The van der Waals surface area contributed by atoms with Crippen LogP contribution in [-0.4, -0.2) is 33.3 Å². The zero-order valence-electron chi connectivity index (χ0n) is 14.0. The van der Waals surface area contributed by atoms with Crippen molar-refractivity contribution in [3.05, 3.63) is 0 Å². The van der Waals surface area contributed by atoms with Gasteiger partial charge in [0.25, 0.3) is 0 Å². The van der Waals surface area contributed by atoms with Gasteiger partial charge in [0.15, 0.2) is 8.32 Å². The molecule has 0 amide bonds. The minimum atomic E-state index is -1.74. The summed E-state index contributed by atoms with van der Waals surface area (Å²) in [7, 11) is -0.440. The predicted octanol–water partition coefficient (Wildman–Crippen LogP) is 3.70. The number of esters is 1. The van der Waals surface area contributed by atoms with Gasteiger partial charge in [-0.2, -0.15) is 0 Å². The molecular weight excluding hydrogens is 272 g/mol. The Morgan fingerprint density at radius 1 is 1.20 bits per heavy atom. The maximum absolute atomic E-state index is 11.5. The monoisotopic (exact) mass is 302 g/mol. The number of hydrogen-bond donors (Lipinski definition) is 0. The van der Waals surface area contributed by atoms with Crippen LogP contribution >= 0.6 is 0 Å². The normalized spacial score (nSPS) is 13.9. The SMILES string of the molecule is COC(=O)CC(=O)CCC[C@H](C)O[Si](C)(C)C(C)(C)C. The van der Waals surface area contributed by atoms with E-state index in [1.165, 1.54) is 7.11 Å². The number of rotatable bonds is 8. The fourth-order valence-corrected chi connectivity index (χ4v) is 3.12. The molecule has 0 aliphatic rings. The number of ketones is 1. The molecule has 0 aromatic rings. The highest BCUT2D eigenvalue weighted by Gasteiger charge is 2.38. The number of carbonyl (C=O) groups excluding carboxylic acids is 2. The van der Waals surface area contributed by atoms with Crippen molar-refractivity contribution in [3.8, 4) is 0 Å². The summed E-state index contributed by atoms with van der Waals surface area (Å²) in [6, 6.07) is 0. The summed E-state index contributed by atoms with van der Waals surface area (Å²) >= 11 is 0. The molecule has 118 valence electrons. The van der Waals surface area contributed by atoms with Crippen molar-refractivity contribution in [2.75, 3.05) is 7.11 Å². The van der Waals surface area contributed by atoms with Crippen LogP contribution in [0.1, 0.15) is 53.4 Å². The fraction of sp³-hybridized carbons (Fsp3) is 0.867. The van der Waals surface area contributed by atoms with E-state index in [-0.39, 0.29) is 23.3 Å². The third-order valence-corrected chi connectivity index (χ3v) is 8.54. The Balaban J connectivity index is 4.04. The van der Waals surface area contributed by atoms with Gasteiger partial charge in [0.2, 0.25) is 0 Å². The van der Waals surface area contributed by atoms with E-state index >= 15 is 0 Å². The lowest BCUT2D eigenvalue weighted by Gasteiger charge is -2.38. The molecule has 0 aromatic carbocycles. The molecule has 0 spiro atoms. The number of hydrogen-bond acceptors (Lipinski definition) is 4. The molecule has 0 saturated carbocycles. The molecule has 0 unspecified atom stereocenters. The highest BCUT2D eigenvalue weighted by Crippen LogP contribution is 2.37. The zero-order chi connectivity index (χ0) is 16.0. The van der Waals surface area contributed by atoms with Crippen LogP contribution in [0.25, 0.3) is 0 Å². The summed E-state index contributed by atoms with van der Waals surface area (Å²) in [5, 5.41) is 0.196. The molecule has 20 heavy (non-hydrogen) atoms. The van der Waals surface area contributed by atoms with Gasteiger partial charge in [-0.1, -0.05) is 20.8 Å². The second-order valence-electron chi connectivity index (χ2n) is 6.87. The van der Waals surface area contributed by atoms with Gasteiger partial charge in [0, 0.05) is 12.5 Å². The first-order valence-electron chi connectivity index (χ1n) is 7.26. The Hall–Kier alpha value is -0.683. The van der Waals surface area contributed by atoms with E-state index in [9.17, 15) is 9.59 Å². The third kappa shape index (κ3) is 7.19. The van der Waals surface area contributed by atoms with Gasteiger partial charge in [-0.3, -0.25) is 9.59 Å². The van der Waals surface area contributed by atoms with Crippen LogP contribution < -0.4 is 0 Å². The molecule has 1 atom stereocenters. The van der Waals surface area contributed by atoms with Crippen molar-refractivity contribution in [3.63, 3.8) is 0 Å². The van der Waals surface area contributed by atoms with Crippen LogP contribution in [0.5, 0.6) is 0 Å². The van der Waals surface area contributed by atoms with Crippen molar-refractivity contribution in [1.82, 2.24) is 0 Å². The molecule has 4 nitrogen and oxygen atoms in total. The number of carbonyl (C=O) groups is 2. The molecule has 0 aromatic heterocycles. The highest BCUT2D eigenvalue weighted by molar-refractivity contribution is 6.74. The van der Waals surface area contributed by atoms with E-state index in [2.05, 4.69) is 45.5 Å². The van der Waals surface area contributed by atoms with Crippen LogP contribution in [0.2, 0.25) is 18.1 Å². The van der Waals surface area contributed by atoms with Gasteiger partial charge in [0.05, 0.1) is 7.11 Å². The van der Waals surface area contributed by atoms with E-state index in [1.807, 2.05) is 0 Å². The first kappa shape index (κ1) is 19.3. The van der Waals surface area contributed by atoms with E-state index in [0.717, 1.165) is 12.8 Å². The summed E-state index contributed by atoms with van der Waals surface area (Å²) < 4.78 is 10.7. The molecule has 0 saturated heterocycles. The van der Waals surface area contributed by atoms with Crippen molar-refractivity contribution in [2.45, 2.75) is 77.6 Å². The fourth-order valence-electron chi connectivity index (χ4n) is 1.65. The van der Waals surface area contributed by atoms with E-state index < -0.39 is 14.3 Å². The molecule has 0 heterocycles. The van der Waals surface area contributed by atoms with Gasteiger partial charge in [0.1, 0.15) is 12.2 Å². The van der Waals surface area contributed by atoms with Crippen molar-refractivity contribution in [1.29, 1.82) is 0 Å². The molecular formula is C15H30O4Si. The molecule has 0 aliphatic carbocycles. The third-order valence-electron chi connectivity index (χ3n) is 3.94. The smallest absolute Gasteiger partial charge is 0.313 e. The van der Waals surface area contributed by atoms with Gasteiger partial charge < -0.3 is 9.16 Å². The zero-order valence-corrected chi connectivity index (χ0v) is 15.0. The first-order chi connectivity index (χ1) is 8.99. The van der Waals surface area contributed by atoms with Crippen LogP contribution in [0.4, 0.5) is 0 Å². The van der Waals surface area contributed by atoms with Crippen molar-refractivity contribution < 1.29 is 18.8 Å². The number of Topliss-reactive ketones (excluding diaryl/α,β-unsaturated/α-hetero) is 1. The van der Waals surface area contributed by atoms with Gasteiger partial charge >= 0.3 is 5.97 Å². The maximum Gasteiger partial charge on any atom is 0.313 e. The Morgan fingerprint density at radius 2 is 1.75 bits per heavy atom. The number of ether oxygens (including phenoxy) is 1. The first-order valence-corrected chi connectivity index (χ1v) is 10.2. The van der Waals surface area contributed by atoms with Gasteiger partial charge in [-0.25, -0.2) is 0 Å². The van der Waals surface area contributed by atoms with Crippen LogP contribution in [-0.2, 0) is 18.8 Å². The molecule has 0 radical (unpaired) electrons. The summed E-state index contributed by atoms with van der Waals surface area (Å²) in [5.41, 5.74) is 0. The average Bonchev–Trinajstić information content (AvgIpc) is 2.26. The van der Waals surface area contributed by atoms with Crippen molar-refractivity contribution in [2.24, 2.45) is 0 Å². The minimum Gasteiger partial charge on any atom is -0.469 e. The van der Waals surface area contributed by atoms with Gasteiger partial charge in [-0.15, -0.1) is 0 Å². The van der Waals surface area contributed by atoms with E-state index in [0.29, 0.717) is 6.42 Å². The number of methoxy groups -OCH3 is 1. The summed E-state index contributed by atoms with van der Waals surface area (Å²) in [4.78, 5) is 22.5. The molecule has 5 heteroatoms. The van der Waals surface area contributed by atoms with Crippen LogP contribution in [0.15, 0.2) is 0 Å². The highest BCUT2D eigenvalue weighted by atomic mass is 28.4. The second-order valence-corrected chi connectivity index (χ2v) is 11.6. The summed E-state index contributed by atoms with van der Waals surface area (Å²) in [6.45, 7) is 13.2. The molecule has 0 aliphatic heterocycles. The Bertz CT molecular complexity index is 331. The molecule has 0 rings (SSSR count). The average molecular weight is 302 g/mol. The van der Waals surface area contributed by atoms with Crippen molar-refractivity contribution >= 4 is 20.1 Å². The van der Waals surface area contributed by atoms with Crippen LogP contribution in [0.3, 0.4) is 0 Å². The Morgan fingerprint density at radius 3 is 2.20 bits per heavy atom. The quantitative estimate of drug-likeness (QED) is 0.390. The second kappa shape index (κ2) is 7.93. The van der Waals surface area contributed by atoms with E-state index in [1.54, 1.807) is 0 Å². The predicted molar refractivity (Wildman–Crippen MR) is 83.2 cm³/mol. The largest absolute Gasteiger partial charge is 0.469 e. The topological polar surface area (TPSA) is 52.6 Å². The molecule has 0 N–H and O–H groups in total. The van der Waals surface area contributed by atoms with Crippen LogP contribution in [0, 0.1) is 0 Å². The lowest BCUT2D eigenvalue weighted by molar-refractivity contribution is -0.143. The molecule has 0 bridgehead atoms. The maximum atomic E-state index is 11.5. The Kier molecular flexibility index (Phi) is 7.66. The lowest BCUT2D eigenvalue weighted by Crippen LogP contribution is -2.43. The Labute approximate surface area is 124 Å².